The summed E-state index contributed by atoms with van der Waals surface area (Å²) in [6.07, 6.45) is 68.2. The van der Waals surface area contributed by atoms with Crippen LogP contribution in [0.4, 0.5) is 0 Å². The molecule has 0 aliphatic rings. The first-order chi connectivity index (χ1) is 31.5. The van der Waals surface area contributed by atoms with Crippen LogP contribution < -0.4 is 0 Å². The maximum Gasteiger partial charge on any atom is 0.306 e. The van der Waals surface area contributed by atoms with E-state index in [1.165, 1.54) is 77.0 Å². The Balaban J connectivity index is 4.39. The molecule has 364 valence electrons. The van der Waals surface area contributed by atoms with Crippen molar-refractivity contribution in [1.29, 1.82) is 0 Å². The fourth-order valence-corrected chi connectivity index (χ4v) is 6.95. The summed E-state index contributed by atoms with van der Waals surface area (Å²) in [5.41, 5.74) is 0. The summed E-state index contributed by atoms with van der Waals surface area (Å²) >= 11 is 0. The molecule has 1 unspecified atom stereocenters. The van der Waals surface area contributed by atoms with Gasteiger partial charge >= 0.3 is 17.9 Å². The Morgan fingerprint density at radius 3 is 0.984 bits per heavy atom. The molecule has 1 atom stereocenters. The molecule has 0 aromatic heterocycles. The van der Waals surface area contributed by atoms with Gasteiger partial charge < -0.3 is 14.2 Å². The molecule has 0 aromatic carbocycles. The number of carbonyl (C=O) groups excluding carboxylic acids is 3. The SMILES string of the molecule is CC/C=C\C/C=C\C/C=C\C/C=C\CCCCCCCCCCC(=O)OCC(COC(=O)CCCCCCCCCCCC)OC(=O)CCCC/C=C\C/C=C\C/C=C\C/C=C\CC. The molecule has 0 N–H and O–H groups in total. The lowest BCUT2D eigenvalue weighted by atomic mass is 10.1. The molecule has 6 nitrogen and oxygen atoms in total. The van der Waals surface area contributed by atoms with Crippen LogP contribution in [0, 0.1) is 0 Å². The van der Waals surface area contributed by atoms with Gasteiger partial charge in [-0.1, -0.05) is 214 Å². The molecule has 0 rings (SSSR count). The van der Waals surface area contributed by atoms with E-state index in [9.17, 15) is 14.4 Å². The highest BCUT2D eigenvalue weighted by Crippen LogP contribution is 2.14. The predicted octanol–water partition coefficient (Wildman–Crippen LogP) is 17.4. The lowest BCUT2D eigenvalue weighted by Gasteiger charge is -2.18. The molecule has 0 saturated carbocycles. The molecule has 64 heavy (non-hydrogen) atoms. The summed E-state index contributed by atoms with van der Waals surface area (Å²) < 4.78 is 16.7. The number of ether oxygens (including phenoxy) is 3. The smallest absolute Gasteiger partial charge is 0.306 e. The average Bonchev–Trinajstić information content (AvgIpc) is 3.29. The fourth-order valence-electron chi connectivity index (χ4n) is 6.95. The van der Waals surface area contributed by atoms with Crippen molar-refractivity contribution in [2.45, 2.75) is 239 Å². The number of allylic oxidation sites excluding steroid dienone is 16. The lowest BCUT2D eigenvalue weighted by molar-refractivity contribution is -0.167. The van der Waals surface area contributed by atoms with Crippen molar-refractivity contribution in [2.24, 2.45) is 0 Å². The second kappa shape index (κ2) is 52.0. The maximum absolute atomic E-state index is 12.8. The van der Waals surface area contributed by atoms with Crippen molar-refractivity contribution in [2.75, 3.05) is 13.2 Å². The van der Waals surface area contributed by atoms with Gasteiger partial charge in [-0.2, -0.15) is 0 Å². The highest BCUT2D eigenvalue weighted by Gasteiger charge is 2.19. The van der Waals surface area contributed by atoms with E-state index in [4.69, 9.17) is 14.2 Å². The Bertz CT molecular complexity index is 1300. The van der Waals surface area contributed by atoms with Gasteiger partial charge in [-0.3, -0.25) is 14.4 Å². The normalized spacial score (nSPS) is 12.9. The third-order valence-corrected chi connectivity index (χ3v) is 10.8. The molecule has 0 radical (unpaired) electrons. The van der Waals surface area contributed by atoms with Crippen LogP contribution >= 0.6 is 0 Å². The molecule has 0 saturated heterocycles. The molecule has 0 aliphatic heterocycles. The fraction of sp³-hybridized carbons (Fsp3) is 0.672. The zero-order valence-corrected chi connectivity index (χ0v) is 41.5. The zero-order chi connectivity index (χ0) is 46.5. The van der Waals surface area contributed by atoms with Crippen LogP contribution in [-0.4, -0.2) is 37.2 Å². The number of hydrogen-bond donors (Lipinski definition) is 0. The number of esters is 3. The third kappa shape index (κ3) is 49.3. The van der Waals surface area contributed by atoms with Gasteiger partial charge in [0.25, 0.3) is 0 Å². The van der Waals surface area contributed by atoms with Crippen molar-refractivity contribution in [3.63, 3.8) is 0 Å². The van der Waals surface area contributed by atoms with Gasteiger partial charge in [0.05, 0.1) is 0 Å². The monoisotopic (exact) mass is 889 g/mol. The number of unbranched alkanes of at least 4 members (excludes halogenated alkanes) is 19. The van der Waals surface area contributed by atoms with E-state index in [1.807, 2.05) is 0 Å². The topological polar surface area (TPSA) is 78.9 Å². The minimum atomic E-state index is -0.801. The largest absolute Gasteiger partial charge is 0.462 e. The van der Waals surface area contributed by atoms with Gasteiger partial charge in [-0.25, -0.2) is 0 Å². The zero-order valence-electron chi connectivity index (χ0n) is 41.5. The lowest BCUT2D eigenvalue weighted by Crippen LogP contribution is -2.30. The first-order valence-corrected chi connectivity index (χ1v) is 26.2. The number of hydrogen-bond acceptors (Lipinski definition) is 6. The Morgan fingerprint density at radius 1 is 0.328 bits per heavy atom. The van der Waals surface area contributed by atoms with Gasteiger partial charge in [0, 0.05) is 19.3 Å². The Morgan fingerprint density at radius 2 is 0.609 bits per heavy atom. The predicted molar refractivity (Wildman–Crippen MR) is 274 cm³/mol. The summed E-state index contributed by atoms with van der Waals surface area (Å²) in [6.45, 7) is 6.35. The van der Waals surface area contributed by atoms with Gasteiger partial charge in [0.15, 0.2) is 6.10 Å². The van der Waals surface area contributed by atoms with E-state index in [0.717, 1.165) is 109 Å². The second-order valence-corrected chi connectivity index (χ2v) is 17.0. The van der Waals surface area contributed by atoms with Crippen LogP contribution in [0.25, 0.3) is 0 Å². The molecule has 0 aromatic rings. The Labute approximate surface area is 394 Å². The summed E-state index contributed by atoms with van der Waals surface area (Å²) in [4.78, 5) is 37.9. The van der Waals surface area contributed by atoms with Crippen LogP contribution in [-0.2, 0) is 28.6 Å². The van der Waals surface area contributed by atoms with Crippen LogP contribution in [0.3, 0.4) is 0 Å². The van der Waals surface area contributed by atoms with Crippen molar-refractivity contribution in [1.82, 2.24) is 0 Å². The number of rotatable bonds is 46. The highest BCUT2D eigenvalue weighted by atomic mass is 16.6. The molecule has 0 bridgehead atoms. The van der Waals surface area contributed by atoms with Crippen molar-refractivity contribution < 1.29 is 28.6 Å². The summed E-state index contributed by atoms with van der Waals surface area (Å²) in [5, 5.41) is 0. The van der Waals surface area contributed by atoms with Crippen LogP contribution in [0.15, 0.2) is 97.2 Å². The summed E-state index contributed by atoms with van der Waals surface area (Å²) in [5.74, 6) is -0.950. The van der Waals surface area contributed by atoms with Crippen molar-refractivity contribution >= 4 is 17.9 Å². The summed E-state index contributed by atoms with van der Waals surface area (Å²) in [7, 11) is 0. The van der Waals surface area contributed by atoms with E-state index < -0.39 is 6.10 Å². The van der Waals surface area contributed by atoms with Crippen LogP contribution in [0.5, 0.6) is 0 Å². The second-order valence-electron chi connectivity index (χ2n) is 17.0. The Hall–Kier alpha value is -3.67. The van der Waals surface area contributed by atoms with Crippen molar-refractivity contribution in [3.05, 3.63) is 97.2 Å². The van der Waals surface area contributed by atoms with Gasteiger partial charge in [0.2, 0.25) is 0 Å². The van der Waals surface area contributed by atoms with E-state index >= 15 is 0 Å². The summed E-state index contributed by atoms with van der Waals surface area (Å²) in [6, 6.07) is 0. The minimum Gasteiger partial charge on any atom is -0.462 e. The molecule has 0 amide bonds. The van der Waals surface area contributed by atoms with Gasteiger partial charge in [0.1, 0.15) is 13.2 Å². The molecular weight excluding hydrogens is 793 g/mol. The van der Waals surface area contributed by atoms with Crippen LogP contribution in [0.2, 0.25) is 0 Å². The first kappa shape index (κ1) is 60.3. The average molecular weight is 889 g/mol. The molecule has 6 heteroatoms. The first-order valence-electron chi connectivity index (χ1n) is 26.2. The van der Waals surface area contributed by atoms with Gasteiger partial charge in [-0.05, 0) is 96.3 Å². The van der Waals surface area contributed by atoms with E-state index in [0.29, 0.717) is 19.3 Å². The molecule has 0 spiro atoms. The maximum atomic E-state index is 12.8. The molecule has 0 heterocycles. The highest BCUT2D eigenvalue weighted by molar-refractivity contribution is 5.71. The Kier molecular flexibility index (Phi) is 49.0. The van der Waals surface area contributed by atoms with E-state index in [1.54, 1.807) is 0 Å². The molecule has 0 aliphatic carbocycles. The molecule has 0 fully saturated rings. The van der Waals surface area contributed by atoms with E-state index in [-0.39, 0.29) is 37.5 Å². The number of carbonyl (C=O) groups is 3. The third-order valence-electron chi connectivity index (χ3n) is 10.8. The minimum absolute atomic E-state index is 0.0962. The standard InChI is InChI=1S/C58H96O6/c1-4-7-10-13-16-19-22-24-26-27-28-29-30-31-33-34-36-39-42-45-48-51-57(60)63-54-55(53-62-56(59)50-47-44-41-38-21-18-15-12-9-6-3)64-58(61)52-49-46-43-40-37-35-32-25-23-20-17-14-11-8-5-2/h7-8,10-11,16-17,19-20,24-26,28-29,32,37,40,55H,4-6,9,12-15,18,21-23,27,30-31,33-36,38-39,41-54H2,1-3H3/b10-7-,11-8-,19-16-,20-17-,26-24-,29-28-,32-25-,40-37-. The van der Waals surface area contributed by atoms with Crippen molar-refractivity contribution in [3.8, 4) is 0 Å². The van der Waals surface area contributed by atoms with Gasteiger partial charge in [-0.15, -0.1) is 0 Å². The van der Waals surface area contributed by atoms with E-state index in [2.05, 4.69) is 118 Å². The quantitative estimate of drug-likeness (QED) is 0.0262. The molecular formula is C58H96O6. The van der Waals surface area contributed by atoms with Crippen LogP contribution in [0.1, 0.15) is 233 Å².